The first kappa shape index (κ1) is 35.5. The second kappa shape index (κ2) is 18.7. The molecule has 0 amide bonds. The summed E-state index contributed by atoms with van der Waals surface area (Å²) >= 11 is 5.40. The second-order valence-corrected chi connectivity index (χ2v) is 14.0. The smallest absolute Gasteiger partial charge is 0.0682 e. The third kappa shape index (κ3) is 11.5. The van der Waals surface area contributed by atoms with Gasteiger partial charge >= 0.3 is 0 Å². The van der Waals surface area contributed by atoms with Crippen molar-refractivity contribution >= 4 is 35.3 Å². The third-order valence-electron chi connectivity index (χ3n) is 7.16. The summed E-state index contributed by atoms with van der Waals surface area (Å²) in [7, 11) is 0. The zero-order valence-electron chi connectivity index (χ0n) is 25.3. The average Bonchev–Trinajstić information content (AvgIpc) is 3.07. The molecule has 0 saturated carbocycles. The molecule has 0 aliphatic heterocycles. The molecule has 0 aromatic heterocycles. The topological polar surface area (TPSA) is 121 Å². The van der Waals surface area contributed by atoms with E-state index in [9.17, 15) is 30.6 Å². The van der Waals surface area contributed by atoms with Gasteiger partial charge in [-0.3, -0.25) is 0 Å². The molecule has 0 atom stereocenters. The van der Waals surface area contributed by atoms with Gasteiger partial charge in [-0.1, -0.05) is 72.8 Å². The predicted molar refractivity (Wildman–Crippen MR) is 186 cm³/mol. The van der Waals surface area contributed by atoms with Crippen molar-refractivity contribution in [1.29, 1.82) is 0 Å². The van der Waals surface area contributed by atoms with Crippen LogP contribution in [0.3, 0.4) is 0 Å². The van der Waals surface area contributed by atoms with Crippen LogP contribution in [0.25, 0.3) is 0 Å². The van der Waals surface area contributed by atoms with Crippen LogP contribution in [0.1, 0.15) is 66.8 Å². The number of aliphatic hydroxyl groups is 6. The molecule has 0 heterocycles. The number of hydrogen-bond acceptors (Lipinski definition) is 9. The van der Waals surface area contributed by atoms with Gasteiger partial charge in [-0.05, 0) is 66.8 Å². The van der Waals surface area contributed by atoms with Crippen LogP contribution < -0.4 is 0 Å². The molecule has 0 aliphatic rings. The summed E-state index contributed by atoms with van der Waals surface area (Å²) in [6.45, 7) is -0.313. The van der Waals surface area contributed by atoms with Crippen molar-refractivity contribution in [2.75, 3.05) is 0 Å². The minimum Gasteiger partial charge on any atom is -0.392 e. The van der Waals surface area contributed by atoms with Crippen molar-refractivity contribution in [3.63, 3.8) is 0 Å². The maximum atomic E-state index is 9.60. The monoisotopic (exact) mass is 666 g/mol. The fraction of sp³-hybridized carbons (Fsp3) is 0.333. The van der Waals surface area contributed by atoms with Crippen LogP contribution in [-0.2, 0) is 74.2 Å². The largest absolute Gasteiger partial charge is 0.392 e. The zero-order valence-corrected chi connectivity index (χ0v) is 27.8. The Balaban J connectivity index is 1.45. The summed E-state index contributed by atoms with van der Waals surface area (Å²) in [6, 6.07) is 24.2. The average molecular weight is 667 g/mol. The van der Waals surface area contributed by atoms with E-state index in [2.05, 4.69) is 18.2 Å². The minimum absolute atomic E-state index is 0.0521. The van der Waals surface area contributed by atoms with Gasteiger partial charge in [0, 0.05) is 34.5 Å². The lowest BCUT2D eigenvalue weighted by Gasteiger charge is -2.12. The Hall–Kier alpha value is -2.31. The van der Waals surface area contributed by atoms with Crippen LogP contribution in [0.2, 0.25) is 0 Å². The van der Waals surface area contributed by atoms with Gasteiger partial charge < -0.3 is 30.6 Å². The Kier molecular flexibility index (Phi) is 14.8. The third-order valence-corrected chi connectivity index (χ3v) is 10.4. The molecule has 4 aromatic carbocycles. The number of aliphatic hydroxyl groups excluding tert-OH is 6. The second-order valence-electron chi connectivity index (χ2n) is 11.1. The number of rotatable bonds is 18. The van der Waals surface area contributed by atoms with Crippen molar-refractivity contribution < 1.29 is 30.6 Å². The Bertz CT molecular complexity index is 1270. The van der Waals surface area contributed by atoms with E-state index in [1.807, 2.05) is 54.6 Å². The Morgan fingerprint density at radius 1 is 0.244 bits per heavy atom. The number of thioether (sulfide) groups is 3. The fourth-order valence-corrected chi connectivity index (χ4v) is 7.99. The van der Waals surface area contributed by atoms with Crippen LogP contribution in [0.4, 0.5) is 0 Å². The first-order chi connectivity index (χ1) is 21.9. The maximum absolute atomic E-state index is 9.60. The van der Waals surface area contributed by atoms with Gasteiger partial charge in [0.05, 0.1) is 39.6 Å². The molecule has 4 rings (SSSR count). The van der Waals surface area contributed by atoms with E-state index in [4.69, 9.17) is 0 Å². The van der Waals surface area contributed by atoms with Crippen molar-refractivity contribution in [3.8, 4) is 0 Å². The van der Waals surface area contributed by atoms with E-state index in [1.54, 1.807) is 35.3 Å². The minimum atomic E-state index is -0.0521. The molecule has 0 fully saturated rings. The Morgan fingerprint density at radius 2 is 0.378 bits per heavy atom. The van der Waals surface area contributed by atoms with Gasteiger partial charge in [0.2, 0.25) is 0 Å². The molecule has 9 heteroatoms. The first-order valence-corrected chi connectivity index (χ1v) is 18.3. The summed E-state index contributed by atoms with van der Waals surface area (Å²) < 4.78 is 0. The molecular weight excluding hydrogens is 625 g/mol. The Labute approximate surface area is 278 Å². The molecule has 0 bridgehead atoms. The molecule has 0 radical (unpaired) electrons. The molecule has 0 unspecified atom stereocenters. The lowest BCUT2D eigenvalue weighted by atomic mass is 10.1. The molecule has 4 aromatic rings. The summed E-state index contributed by atoms with van der Waals surface area (Å²) in [5.41, 5.74) is 11.8. The van der Waals surface area contributed by atoms with Crippen LogP contribution in [0, 0.1) is 0 Å². The van der Waals surface area contributed by atoms with Crippen molar-refractivity contribution in [3.05, 3.63) is 140 Å². The fourth-order valence-electron chi connectivity index (χ4n) is 5.27. The quantitative estimate of drug-likeness (QED) is 0.0767. The molecule has 6 N–H and O–H groups in total. The van der Waals surface area contributed by atoms with E-state index in [1.165, 1.54) is 16.7 Å². The summed E-state index contributed by atoms with van der Waals surface area (Å²) in [5.74, 6) is 4.78. The zero-order chi connectivity index (χ0) is 32.0. The highest BCUT2D eigenvalue weighted by atomic mass is 32.2. The van der Waals surface area contributed by atoms with E-state index in [0.717, 1.165) is 84.6 Å². The number of hydrogen-bond donors (Lipinski definition) is 6. The molecule has 6 nitrogen and oxygen atoms in total. The van der Waals surface area contributed by atoms with E-state index < -0.39 is 0 Å². The van der Waals surface area contributed by atoms with Gasteiger partial charge in [0.25, 0.3) is 0 Å². The van der Waals surface area contributed by atoms with Gasteiger partial charge in [0.1, 0.15) is 0 Å². The van der Waals surface area contributed by atoms with E-state index in [0.29, 0.717) is 0 Å². The van der Waals surface area contributed by atoms with Gasteiger partial charge in [-0.15, -0.1) is 0 Å². The van der Waals surface area contributed by atoms with E-state index >= 15 is 0 Å². The summed E-state index contributed by atoms with van der Waals surface area (Å²) in [4.78, 5) is 0. The lowest BCUT2D eigenvalue weighted by Crippen LogP contribution is -1.96. The van der Waals surface area contributed by atoms with Gasteiger partial charge in [-0.25, -0.2) is 0 Å². The van der Waals surface area contributed by atoms with Crippen molar-refractivity contribution in [1.82, 2.24) is 0 Å². The van der Waals surface area contributed by atoms with E-state index in [-0.39, 0.29) is 39.6 Å². The van der Waals surface area contributed by atoms with Crippen molar-refractivity contribution in [2.24, 2.45) is 0 Å². The normalized spacial score (nSPS) is 11.3. The Morgan fingerprint density at radius 3 is 0.533 bits per heavy atom. The SMILES string of the molecule is OCc1cc(CO)cc(CSCc2cc(CSCc3cc(CO)cc(CO)c3)cc(CSCc3cc(CO)cc(CO)c3)c2)c1. The molecule has 0 aliphatic carbocycles. The summed E-state index contributed by atoms with van der Waals surface area (Å²) in [5, 5.41) is 57.6. The van der Waals surface area contributed by atoms with Crippen LogP contribution in [-0.4, -0.2) is 30.6 Å². The molecule has 0 spiro atoms. The number of benzene rings is 4. The van der Waals surface area contributed by atoms with Crippen LogP contribution in [0.15, 0.2) is 72.8 Å². The van der Waals surface area contributed by atoms with Gasteiger partial charge in [-0.2, -0.15) is 35.3 Å². The predicted octanol–water partition coefficient (Wildman–Crippen LogP) is 5.94. The van der Waals surface area contributed by atoms with Crippen LogP contribution in [0.5, 0.6) is 0 Å². The molecular formula is C36H42O6S3. The summed E-state index contributed by atoms with van der Waals surface area (Å²) in [6.07, 6.45) is 0. The molecule has 0 saturated heterocycles. The molecule has 240 valence electrons. The highest BCUT2D eigenvalue weighted by molar-refractivity contribution is 7.98. The standard InChI is InChI=1S/C36H42O6S3/c37-13-25-1-26(14-38)5-31(4-25)19-43-22-34-10-35(23-44-20-32-6-27(15-39)2-28(7-32)16-40)12-36(11-34)24-45-21-33-8-29(17-41)3-30(9-33)18-42/h1-12,37-42H,13-24H2. The van der Waals surface area contributed by atoms with Gasteiger partial charge in [0.15, 0.2) is 0 Å². The maximum Gasteiger partial charge on any atom is 0.0682 e. The van der Waals surface area contributed by atoms with Crippen LogP contribution >= 0.6 is 35.3 Å². The highest BCUT2D eigenvalue weighted by Gasteiger charge is 2.08. The van der Waals surface area contributed by atoms with Crippen molar-refractivity contribution in [2.45, 2.75) is 74.2 Å². The molecule has 45 heavy (non-hydrogen) atoms. The lowest BCUT2D eigenvalue weighted by molar-refractivity contribution is 0.275. The first-order valence-electron chi connectivity index (χ1n) is 14.8. The highest BCUT2D eigenvalue weighted by Crippen LogP contribution is 2.28.